The molecule has 0 saturated heterocycles. The lowest BCUT2D eigenvalue weighted by molar-refractivity contribution is -0.131. The number of carbonyl (C=O) groups is 2. The van der Waals surface area contributed by atoms with Crippen molar-refractivity contribution < 1.29 is 14.7 Å². The van der Waals surface area contributed by atoms with Crippen LogP contribution >= 0.6 is 0 Å². The van der Waals surface area contributed by atoms with Gasteiger partial charge in [0, 0.05) is 12.3 Å². The van der Waals surface area contributed by atoms with E-state index in [2.05, 4.69) is 18.8 Å². The summed E-state index contributed by atoms with van der Waals surface area (Å²) in [6, 6.07) is 0. The van der Waals surface area contributed by atoms with Gasteiger partial charge in [0.2, 0.25) is 5.78 Å². The number of aliphatic hydroxyl groups excluding tert-OH is 1. The van der Waals surface area contributed by atoms with E-state index < -0.39 is 5.41 Å². The molecule has 0 bridgehead atoms. The maximum atomic E-state index is 12.1. The third-order valence-corrected chi connectivity index (χ3v) is 6.03. The number of rotatable bonds is 0. The number of ketones is 2. The Hall–Kier alpha value is -1.82. The Labute approximate surface area is 131 Å². The number of allylic oxidation sites excluding steroid dienone is 3. The number of aliphatic hydroxyl groups is 1. The Morgan fingerprint density at radius 3 is 2.73 bits per heavy atom. The standard InChI is InChI=1S/C19H22O3/c1-4-7-19-9-5-13-12(2)14(20)6-8-18(13,3)17(19)10-15(21)16(22)11-19/h10-13,22H,5-6,8-9H2,1-3H3/t12?,13?,18?,19-/m0/s1. The molecule has 3 nitrogen and oxygen atoms in total. The topological polar surface area (TPSA) is 54.4 Å². The van der Waals surface area contributed by atoms with E-state index in [1.807, 2.05) is 6.92 Å². The molecule has 1 N–H and O–H groups in total. The fourth-order valence-electron chi connectivity index (χ4n) is 4.84. The first-order valence-electron chi connectivity index (χ1n) is 7.99. The summed E-state index contributed by atoms with van der Waals surface area (Å²) in [5.74, 6) is 6.29. The van der Waals surface area contributed by atoms with Crippen molar-refractivity contribution in [3.8, 4) is 11.8 Å². The molecule has 2 saturated carbocycles. The van der Waals surface area contributed by atoms with E-state index in [9.17, 15) is 14.7 Å². The average Bonchev–Trinajstić information content (AvgIpc) is 2.46. The summed E-state index contributed by atoms with van der Waals surface area (Å²) >= 11 is 0. The molecule has 3 heteroatoms. The molecule has 0 heterocycles. The van der Waals surface area contributed by atoms with Crippen molar-refractivity contribution >= 4 is 11.6 Å². The first kappa shape index (κ1) is 15.1. The highest BCUT2D eigenvalue weighted by Crippen LogP contribution is 2.61. The average molecular weight is 298 g/mol. The lowest BCUT2D eigenvalue weighted by Gasteiger charge is -2.55. The second kappa shape index (κ2) is 4.84. The number of fused-ring (bicyclic) bond motifs is 3. The number of Topliss-reactive ketones (excluding diaryl/α,β-unsaturated/α-hetero) is 1. The fourth-order valence-corrected chi connectivity index (χ4v) is 4.84. The zero-order valence-electron chi connectivity index (χ0n) is 13.4. The maximum Gasteiger partial charge on any atom is 0.219 e. The minimum absolute atomic E-state index is 0.0295. The molecule has 3 aliphatic rings. The Balaban J connectivity index is 2.15. The predicted molar refractivity (Wildman–Crippen MR) is 83.9 cm³/mol. The van der Waals surface area contributed by atoms with Crippen molar-refractivity contribution in [2.24, 2.45) is 22.7 Å². The van der Waals surface area contributed by atoms with Crippen LogP contribution in [0.25, 0.3) is 0 Å². The van der Waals surface area contributed by atoms with Crippen LogP contribution in [0.3, 0.4) is 0 Å². The van der Waals surface area contributed by atoms with E-state index in [0.29, 0.717) is 12.2 Å². The Kier molecular flexibility index (Phi) is 3.32. The van der Waals surface area contributed by atoms with Crippen LogP contribution in [0.2, 0.25) is 0 Å². The second-order valence-electron chi connectivity index (χ2n) is 7.12. The summed E-state index contributed by atoms with van der Waals surface area (Å²) in [6.07, 6.45) is 6.22. The normalized spacial score (nSPS) is 40.7. The van der Waals surface area contributed by atoms with Gasteiger partial charge >= 0.3 is 0 Å². The molecule has 0 aromatic carbocycles. The summed E-state index contributed by atoms with van der Waals surface area (Å²) in [5.41, 5.74) is 0.271. The third kappa shape index (κ3) is 1.90. The van der Waals surface area contributed by atoms with Gasteiger partial charge in [0.1, 0.15) is 5.78 Å². The van der Waals surface area contributed by atoms with Crippen molar-refractivity contribution in [1.82, 2.24) is 0 Å². The zero-order chi connectivity index (χ0) is 16.1. The van der Waals surface area contributed by atoms with Crippen LogP contribution in [0.4, 0.5) is 0 Å². The highest BCUT2D eigenvalue weighted by Gasteiger charge is 2.56. The van der Waals surface area contributed by atoms with Gasteiger partial charge in [-0.25, -0.2) is 0 Å². The summed E-state index contributed by atoms with van der Waals surface area (Å²) in [5, 5.41) is 9.93. The molecule has 0 aliphatic heterocycles. The molecule has 3 unspecified atom stereocenters. The molecule has 0 amide bonds. The van der Waals surface area contributed by atoms with Gasteiger partial charge in [-0.15, -0.1) is 5.92 Å². The lowest BCUT2D eigenvalue weighted by atomic mass is 9.47. The van der Waals surface area contributed by atoms with Crippen LogP contribution in [-0.4, -0.2) is 16.7 Å². The molecule has 3 rings (SSSR count). The quantitative estimate of drug-likeness (QED) is 0.698. The molecule has 4 atom stereocenters. The van der Waals surface area contributed by atoms with Crippen LogP contribution in [-0.2, 0) is 9.59 Å². The maximum absolute atomic E-state index is 12.1. The van der Waals surface area contributed by atoms with Gasteiger partial charge in [-0.2, -0.15) is 0 Å². The zero-order valence-corrected chi connectivity index (χ0v) is 13.4. The molecule has 2 fully saturated rings. The molecular formula is C19H22O3. The van der Waals surface area contributed by atoms with Crippen molar-refractivity contribution in [2.75, 3.05) is 0 Å². The van der Waals surface area contributed by atoms with Crippen LogP contribution < -0.4 is 0 Å². The second-order valence-corrected chi connectivity index (χ2v) is 7.12. The number of carbonyl (C=O) groups excluding carboxylic acids is 2. The summed E-state index contributed by atoms with van der Waals surface area (Å²) in [7, 11) is 0. The highest BCUT2D eigenvalue weighted by molar-refractivity contribution is 6.04. The van der Waals surface area contributed by atoms with Gasteiger partial charge < -0.3 is 5.11 Å². The van der Waals surface area contributed by atoms with Crippen LogP contribution in [0.1, 0.15) is 46.5 Å². The fraction of sp³-hybridized carbons (Fsp3) is 0.579. The van der Waals surface area contributed by atoms with Crippen molar-refractivity contribution in [3.05, 3.63) is 23.5 Å². The monoisotopic (exact) mass is 298 g/mol. The largest absolute Gasteiger partial charge is 0.504 e. The summed E-state index contributed by atoms with van der Waals surface area (Å²) in [4.78, 5) is 24.2. The summed E-state index contributed by atoms with van der Waals surface area (Å²) < 4.78 is 0. The molecule has 0 radical (unpaired) electrons. The van der Waals surface area contributed by atoms with Gasteiger partial charge in [-0.1, -0.05) is 19.8 Å². The minimum atomic E-state index is -0.544. The first-order chi connectivity index (χ1) is 10.3. The van der Waals surface area contributed by atoms with E-state index in [-0.39, 0.29) is 28.8 Å². The van der Waals surface area contributed by atoms with Gasteiger partial charge in [0.25, 0.3) is 0 Å². The molecule has 22 heavy (non-hydrogen) atoms. The van der Waals surface area contributed by atoms with E-state index in [1.165, 1.54) is 0 Å². The van der Waals surface area contributed by atoms with Crippen LogP contribution in [0.15, 0.2) is 23.5 Å². The molecule has 0 spiro atoms. The number of hydrogen-bond acceptors (Lipinski definition) is 3. The van der Waals surface area contributed by atoms with Gasteiger partial charge in [-0.05, 0) is 55.2 Å². The molecule has 0 aromatic heterocycles. The highest BCUT2D eigenvalue weighted by atomic mass is 16.3. The molecule has 116 valence electrons. The molecule has 3 aliphatic carbocycles. The lowest BCUT2D eigenvalue weighted by Crippen LogP contribution is -2.50. The SMILES string of the molecule is CC#C[C@]12C=C(O)C(=O)C=C1C1(C)CCC(=O)C(C)C1CC2. The van der Waals surface area contributed by atoms with Crippen molar-refractivity contribution in [3.63, 3.8) is 0 Å². The van der Waals surface area contributed by atoms with E-state index in [4.69, 9.17) is 0 Å². The molecule has 0 aromatic rings. The first-order valence-corrected chi connectivity index (χ1v) is 7.99. The van der Waals surface area contributed by atoms with Crippen LogP contribution in [0, 0.1) is 34.5 Å². The smallest absolute Gasteiger partial charge is 0.219 e. The van der Waals surface area contributed by atoms with Crippen LogP contribution in [0.5, 0.6) is 0 Å². The van der Waals surface area contributed by atoms with Crippen molar-refractivity contribution in [1.29, 1.82) is 0 Å². The summed E-state index contributed by atoms with van der Waals surface area (Å²) in [6.45, 7) is 5.97. The van der Waals surface area contributed by atoms with E-state index >= 15 is 0 Å². The van der Waals surface area contributed by atoms with Gasteiger partial charge in [0.05, 0.1) is 5.41 Å². The van der Waals surface area contributed by atoms with Gasteiger partial charge in [0.15, 0.2) is 5.76 Å². The number of hydrogen-bond donors (Lipinski definition) is 1. The Morgan fingerprint density at radius 2 is 2.05 bits per heavy atom. The Morgan fingerprint density at radius 1 is 1.32 bits per heavy atom. The van der Waals surface area contributed by atoms with Crippen molar-refractivity contribution in [2.45, 2.75) is 46.5 Å². The van der Waals surface area contributed by atoms with E-state index in [1.54, 1.807) is 19.1 Å². The van der Waals surface area contributed by atoms with Gasteiger partial charge in [-0.3, -0.25) is 9.59 Å². The predicted octanol–water partition coefficient (Wildman–Crippen LogP) is 3.36. The minimum Gasteiger partial charge on any atom is -0.504 e. The third-order valence-electron chi connectivity index (χ3n) is 6.03. The Bertz CT molecular complexity index is 673. The van der Waals surface area contributed by atoms with E-state index in [0.717, 1.165) is 24.8 Å². The molecular weight excluding hydrogens is 276 g/mol.